The van der Waals surface area contributed by atoms with E-state index in [0.29, 0.717) is 5.52 Å². The van der Waals surface area contributed by atoms with Crippen LogP contribution in [0.1, 0.15) is 16.1 Å². The van der Waals surface area contributed by atoms with Crippen molar-refractivity contribution in [3.63, 3.8) is 0 Å². The van der Waals surface area contributed by atoms with Crippen LogP contribution in [0.3, 0.4) is 0 Å². The van der Waals surface area contributed by atoms with E-state index in [-0.39, 0.29) is 5.69 Å². The number of nitrogens with zero attached hydrogens (tertiary/aromatic N) is 2. The molecule has 0 bridgehead atoms. The summed E-state index contributed by atoms with van der Waals surface area (Å²) in [6, 6.07) is 9.97. The van der Waals surface area contributed by atoms with Crippen molar-refractivity contribution in [2.24, 2.45) is 0 Å². The van der Waals surface area contributed by atoms with Crippen LogP contribution in [-0.2, 0) is 6.18 Å². The van der Waals surface area contributed by atoms with Crippen molar-refractivity contribution in [1.29, 1.82) is 0 Å². The number of pyridine rings is 1. The van der Waals surface area contributed by atoms with Gasteiger partial charge in [-0.1, -0.05) is 18.2 Å². The fourth-order valence-corrected chi connectivity index (χ4v) is 2.37. The van der Waals surface area contributed by atoms with E-state index in [1.54, 1.807) is 30.3 Å². The quantitative estimate of drug-likeness (QED) is 0.784. The average molecular weight is 306 g/mol. The maximum absolute atomic E-state index is 13.0. The third kappa shape index (κ3) is 2.20. The molecule has 0 aliphatic rings. The van der Waals surface area contributed by atoms with Crippen LogP contribution in [0, 0.1) is 0 Å². The van der Waals surface area contributed by atoms with Gasteiger partial charge in [0.05, 0.1) is 11.2 Å². The minimum atomic E-state index is -4.84. The van der Waals surface area contributed by atoms with Gasteiger partial charge in [0.2, 0.25) is 0 Å². The van der Waals surface area contributed by atoms with E-state index in [1.807, 2.05) is 0 Å². The summed E-state index contributed by atoms with van der Waals surface area (Å²) in [5, 5.41) is 10.0. The summed E-state index contributed by atoms with van der Waals surface area (Å²) < 4.78 is 40.4. The molecule has 0 spiro atoms. The number of carbonyl (C=O) groups is 1. The van der Waals surface area contributed by atoms with E-state index < -0.39 is 23.4 Å². The van der Waals surface area contributed by atoms with Crippen molar-refractivity contribution >= 4 is 16.9 Å². The highest BCUT2D eigenvalue weighted by Crippen LogP contribution is 2.33. The monoisotopic (exact) mass is 306 g/mol. The summed E-state index contributed by atoms with van der Waals surface area (Å²) in [6.45, 7) is 0. The standard InChI is InChI=1S/C15H9F3N2O2/c16-15(17,18)13-12(14(21)22)11(5-7-19-13)20-8-6-9-3-1-2-4-10(9)20/h1-8H,(H,21,22). The lowest BCUT2D eigenvalue weighted by Crippen LogP contribution is -2.18. The highest BCUT2D eigenvalue weighted by molar-refractivity contribution is 5.94. The summed E-state index contributed by atoms with van der Waals surface area (Å²) in [6.07, 6.45) is -2.35. The van der Waals surface area contributed by atoms with Gasteiger partial charge in [0.25, 0.3) is 0 Å². The molecule has 0 atom stereocenters. The van der Waals surface area contributed by atoms with Gasteiger partial charge in [-0.05, 0) is 23.6 Å². The molecule has 2 aromatic heterocycles. The molecular formula is C15H9F3N2O2. The number of rotatable bonds is 2. The zero-order valence-electron chi connectivity index (χ0n) is 11.0. The van der Waals surface area contributed by atoms with Gasteiger partial charge >= 0.3 is 12.1 Å². The molecule has 0 saturated carbocycles. The molecule has 0 amide bonds. The molecule has 0 saturated heterocycles. The SMILES string of the molecule is O=C(O)c1c(-n2ccc3ccccc32)ccnc1C(F)(F)F. The first-order valence-corrected chi connectivity index (χ1v) is 6.25. The van der Waals surface area contributed by atoms with Crippen molar-refractivity contribution in [1.82, 2.24) is 9.55 Å². The Morgan fingerprint density at radius 3 is 2.55 bits per heavy atom. The number of carboxylic acid groups (broad SMARTS) is 1. The normalized spacial score (nSPS) is 11.8. The second-order valence-electron chi connectivity index (χ2n) is 4.60. The molecule has 0 fully saturated rings. The van der Waals surface area contributed by atoms with Crippen molar-refractivity contribution in [2.75, 3.05) is 0 Å². The van der Waals surface area contributed by atoms with Crippen molar-refractivity contribution < 1.29 is 23.1 Å². The topological polar surface area (TPSA) is 55.1 Å². The van der Waals surface area contributed by atoms with E-state index in [2.05, 4.69) is 4.98 Å². The van der Waals surface area contributed by atoms with Crippen molar-refractivity contribution in [3.8, 4) is 5.69 Å². The summed E-state index contributed by atoms with van der Waals surface area (Å²) >= 11 is 0. The van der Waals surface area contributed by atoms with Gasteiger partial charge in [-0.15, -0.1) is 0 Å². The molecule has 7 heteroatoms. The van der Waals surface area contributed by atoms with Gasteiger partial charge in [-0.2, -0.15) is 13.2 Å². The van der Waals surface area contributed by atoms with E-state index in [1.165, 1.54) is 16.8 Å². The molecule has 1 aromatic carbocycles. The predicted molar refractivity (Wildman–Crippen MR) is 73.0 cm³/mol. The third-order valence-electron chi connectivity index (χ3n) is 3.27. The molecular weight excluding hydrogens is 297 g/mol. The maximum Gasteiger partial charge on any atom is 0.434 e. The summed E-state index contributed by atoms with van der Waals surface area (Å²) in [5.74, 6) is -1.67. The fraction of sp³-hybridized carbons (Fsp3) is 0.0667. The summed E-state index contributed by atoms with van der Waals surface area (Å²) in [4.78, 5) is 14.6. The lowest BCUT2D eigenvalue weighted by Gasteiger charge is -2.14. The second kappa shape index (κ2) is 4.87. The number of fused-ring (bicyclic) bond motifs is 1. The minimum Gasteiger partial charge on any atom is -0.478 e. The molecule has 1 N–H and O–H groups in total. The Morgan fingerprint density at radius 1 is 1.14 bits per heavy atom. The number of hydrogen-bond donors (Lipinski definition) is 1. The Hall–Kier alpha value is -2.83. The van der Waals surface area contributed by atoms with Crippen LogP contribution >= 0.6 is 0 Å². The van der Waals surface area contributed by atoms with Gasteiger partial charge < -0.3 is 9.67 Å². The number of aromatic carboxylic acids is 1. The number of hydrogen-bond acceptors (Lipinski definition) is 2. The van der Waals surface area contributed by atoms with Gasteiger partial charge in [-0.3, -0.25) is 4.98 Å². The first-order chi connectivity index (χ1) is 10.4. The Labute approximate surface area is 122 Å². The smallest absolute Gasteiger partial charge is 0.434 e. The molecule has 0 aliphatic heterocycles. The van der Waals surface area contributed by atoms with Crippen LogP contribution in [0.5, 0.6) is 0 Å². The Morgan fingerprint density at radius 2 is 1.86 bits per heavy atom. The predicted octanol–water partition coefficient (Wildman–Crippen LogP) is 3.74. The molecule has 0 radical (unpaired) electrons. The maximum atomic E-state index is 13.0. The number of benzene rings is 1. The summed E-state index contributed by atoms with van der Waals surface area (Å²) in [7, 11) is 0. The van der Waals surface area contributed by atoms with E-state index in [0.717, 1.165) is 11.6 Å². The Kier molecular flexibility index (Phi) is 3.13. The fourth-order valence-electron chi connectivity index (χ4n) is 2.37. The number of halogens is 3. The van der Waals surface area contributed by atoms with E-state index in [9.17, 15) is 23.1 Å². The van der Waals surface area contributed by atoms with Crippen LogP contribution < -0.4 is 0 Å². The van der Waals surface area contributed by atoms with Crippen molar-refractivity contribution in [3.05, 3.63) is 60.0 Å². The molecule has 22 heavy (non-hydrogen) atoms. The van der Waals surface area contributed by atoms with Crippen LogP contribution in [0.4, 0.5) is 13.2 Å². The van der Waals surface area contributed by atoms with Crippen LogP contribution in [0.15, 0.2) is 48.8 Å². The number of alkyl halides is 3. The van der Waals surface area contributed by atoms with E-state index >= 15 is 0 Å². The van der Waals surface area contributed by atoms with E-state index in [4.69, 9.17) is 0 Å². The molecule has 2 heterocycles. The van der Waals surface area contributed by atoms with Gasteiger partial charge in [0, 0.05) is 12.4 Å². The highest BCUT2D eigenvalue weighted by Gasteiger charge is 2.39. The number of para-hydroxylation sites is 1. The largest absolute Gasteiger partial charge is 0.478 e. The third-order valence-corrected chi connectivity index (χ3v) is 3.27. The highest BCUT2D eigenvalue weighted by atomic mass is 19.4. The molecule has 112 valence electrons. The van der Waals surface area contributed by atoms with Crippen molar-refractivity contribution in [2.45, 2.75) is 6.18 Å². The zero-order valence-corrected chi connectivity index (χ0v) is 11.0. The first kappa shape index (κ1) is 14.1. The lowest BCUT2D eigenvalue weighted by molar-refractivity contribution is -0.141. The molecule has 0 aliphatic carbocycles. The molecule has 4 nitrogen and oxygen atoms in total. The average Bonchev–Trinajstić information content (AvgIpc) is 2.89. The summed E-state index contributed by atoms with van der Waals surface area (Å²) in [5.41, 5.74) is -1.73. The minimum absolute atomic E-state index is 0.0731. The second-order valence-corrected chi connectivity index (χ2v) is 4.60. The van der Waals surface area contributed by atoms with Crippen LogP contribution in [0.2, 0.25) is 0 Å². The lowest BCUT2D eigenvalue weighted by atomic mass is 10.1. The molecule has 3 aromatic rings. The number of aromatic nitrogens is 2. The van der Waals surface area contributed by atoms with Gasteiger partial charge in [0.1, 0.15) is 5.56 Å². The molecule has 3 rings (SSSR count). The molecule has 0 unspecified atom stereocenters. The number of carboxylic acids is 1. The first-order valence-electron chi connectivity index (χ1n) is 6.25. The Bertz CT molecular complexity index is 869. The van der Waals surface area contributed by atoms with Gasteiger partial charge in [0.15, 0.2) is 5.69 Å². The van der Waals surface area contributed by atoms with Crippen LogP contribution in [-0.4, -0.2) is 20.6 Å². The van der Waals surface area contributed by atoms with Gasteiger partial charge in [-0.25, -0.2) is 4.79 Å². The Balaban J connectivity index is 2.34. The zero-order chi connectivity index (χ0) is 15.9. The van der Waals surface area contributed by atoms with Crippen LogP contribution in [0.25, 0.3) is 16.6 Å².